The third-order valence-electron chi connectivity index (χ3n) is 5.36. The number of aromatic amines is 1. The molecule has 1 heterocycles. The topological polar surface area (TPSA) is 54.1 Å². The largest absolute Gasteiger partial charge is 0.496 e. The molecule has 0 aliphatic carbocycles. The van der Waals surface area contributed by atoms with Gasteiger partial charge in [-0.05, 0) is 47.5 Å². The smallest absolute Gasteiger partial charge is 0.416 e. The van der Waals surface area contributed by atoms with Crippen molar-refractivity contribution in [3.05, 3.63) is 92.7 Å². The van der Waals surface area contributed by atoms with Gasteiger partial charge in [-0.3, -0.25) is 4.79 Å². The van der Waals surface area contributed by atoms with Crippen molar-refractivity contribution in [3.63, 3.8) is 0 Å². The van der Waals surface area contributed by atoms with Crippen molar-refractivity contribution in [2.45, 2.75) is 12.7 Å². The number of anilines is 1. The zero-order valence-electron chi connectivity index (χ0n) is 17.8. The molecule has 0 unspecified atom stereocenters. The summed E-state index contributed by atoms with van der Waals surface area (Å²) in [5.41, 5.74) is 1.41. The second-order valence-corrected chi connectivity index (χ2v) is 8.19. The van der Waals surface area contributed by atoms with Gasteiger partial charge in [0.2, 0.25) is 0 Å². The summed E-state index contributed by atoms with van der Waals surface area (Å²) < 4.78 is 46.0. The molecule has 0 radical (unpaired) electrons. The van der Waals surface area contributed by atoms with E-state index in [9.17, 15) is 18.0 Å². The van der Waals surface area contributed by atoms with E-state index in [4.69, 9.17) is 28.6 Å². The maximum absolute atomic E-state index is 13.5. The Labute approximate surface area is 203 Å². The molecule has 2 N–H and O–H groups in total. The first-order valence-corrected chi connectivity index (χ1v) is 11.0. The predicted octanol–water partition coefficient (Wildman–Crippen LogP) is 6.84. The van der Waals surface area contributed by atoms with E-state index in [1.165, 1.54) is 13.2 Å². The Balaban J connectivity index is 1.95. The molecule has 1 aromatic heterocycles. The Morgan fingerprint density at radius 1 is 1.09 bits per heavy atom. The van der Waals surface area contributed by atoms with Gasteiger partial charge in [0, 0.05) is 39.0 Å². The molecule has 0 aliphatic rings. The minimum absolute atomic E-state index is 0.103. The highest BCUT2D eigenvalue weighted by molar-refractivity contribution is 7.79. The van der Waals surface area contributed by atoms with E-state index < -0.39 is 17.3 Å². The predicted molar refractivity (Wildman–Crippen MR) is 133 cm³/mol. The Kier molecular flexibility index (Phi) is 6.63. The van der Waals surface area contributed by atoms with Crippen molar-refractivity contribution in [2.24, 2.45) is 0 Å². The summed E-state index contributed by atoms with van der Waals surface area (Å²) in [5, 5.41) is 5.19. The SMILES string of the molecule is COc1ccc(Cl)cc1-c1c(NCc2ccc(C=S)cc2)c(=O)[nH]c2ccc(C(F)(F)F)cc12. The molecule has 0 saturated heterocycles. The lowest BCUT2D eigenvalue weighted by Crippen LogP contribution is -2.16. The minimum Gasteiger partial charge on any atom is -0.496 e. The first-order chi connectivity index (χ1) is 16.2. The molecule has 0 saturated carbocycles. The Morgan fingerprint density at radius 3 is 2.47 bits per heavy atom. The van der Waals surface area contributed by atoms with Crippen LogP contribution < -0.4 is 15.6 Å². The van der Waals surface area contributed by atoms with Gasteiger partial charge in [0.05, 0.1) is 12.7 Å². The molecule has 0 fully saturated rings. The highest BCUT2D eigenvalue weighted by atomic mass is 35.5. The second-order valence-electron chi connectivity index (χ2n) is 7.52. The zero-order chi connectivity index (χ0) is 24.5. The van der Waals surface area contributed by atoms with E-state index in [0.717, 1.165) is 23.3 Å². The summed E-state index contributed by atoms with van der Waals surface area (Å²) in [7, 11) is 1.44. The quantitative estimate of drug-likeness (QED) is 0.283. The van der Waals surface area contributed by atoms with Crippen molar-refractivity contribution in [2.75, 3.05) is 12.4 Å². The van der Waals surface area contributed by atoms with Gasteiger partial charge in [0.25, 0.3) is 5.56 Å². The minimum atomic E-state index is -4.56. The lowest BCUT2D eigenvalue weighted by molar-refractivity contribution is -0.137. The summed E-state index contributed by atoms with van der Waals surface area (Å²) >= 11 is 11.1. The number of hydrogen-bond donors (Lipinski definition) is 2. The number of halogens is 4. The van der Waals surface area contributed by atoms with Gasteiger partial charge in [0.15, 0.2) is 0 Å². The molecule has 0 bridgehead atoms. The third-order valence-corrected chi connectivity index (χ3v) is 5.86. The second kappa shape index (κ2) is 9.48. The van der Waals surface area contributed by atoms with Crippen molar-refractivity contribution in [1.29, 1.82) is 0 Å². The maximum atomic E-state index is 13.5. The molecule has 0 spiro atoms. The fourth-order valence-electron chi connectivity index (χ4n) is 3.70. The molecular formula is C25H18ClF3N2O2S. The van der Waals surface area contributed by atoms with Crippen LogP contribution in [-0.4, -0.2) is 17.5 Å². The zero-order valence-corrected chi connectivity index (χ0v) is 19.4. The van der Waals surface area contributed by atoms with Crippen LogP contribution in [0.4, 0.5) is 18.9 Å². The summed E-state index contributed by atoms with van der Waals surface area (Å²) in [5.74, 6) is 0.363. The Hall–Kier alpha value is -3.36. The first-order valence-electron chi connectivity index (χ1n) is 10.1. The maximum Gasteiger partial charge on any atom is 0.416 e. The number of ether oxygens (including phenoxy) is 1. The summed E-state index contributed by atoms with van der Waals surface area (Å²) in [6, 6.07) is 15.3. The van der Waals surface area contributed by atoms with Gasteiger partial charge in [-0.25, -0.2) is 0 Å². The Bertz CT molecular complexity index is 1430. The molecule has 3 aromatic carbocycles. The number of fused-ring (bicyclic) bond motifs is 1. The molecule has 0 aliphatic heterocycles. The number of aromatic nitrogens is 1. The van der Waals surface area contributed by atoms with E-state index in [2.05, 4.69) is 10.3 Å². The number of pyridine rings is 1. The number of nitrogens with one attached hydrogen (secondary N) is 2. The van der Waals surface area contributed by atoms with E-state index in [-0.39, 0.29) is 28.7 Å². The van der Waals surface area contributed by atoms with Gasteiger partial charge >= 0.3 is 6.18 Å². The average molecular weight is 503 g/mol. The lowest BCUT2D eigenvalue weighted by atomic mass is 9.96. The number of benzene rings is 3. The molecule has 4 rings (SSSR count). The number of alkyl halides is 3. The van der Waals surface area contributed by atoms with Crippen LogP contribution in [0.3, 0.4) is 0 Å². The fourth-order valence-corrected chi connectivity index (χ4v) is 4.03. The highest BCUT2D eigenvalue weighted by Gasteiger charge is 2.31. The normalized spacial score (nSPS) is 11.4. The van der Waals surface area contributed by atoms with Crippen LogP contribution in [0.2, 0.25) is 5.02 Å². The van der Waals surface area contributed by atoms with Crippen LogP contribution in [0.5, 0.6) is 5.75 Å². The first kappa shape index (κ1) is 23.8. The monoisotopic (exact) mass is 502 g/mol. The standard InChI is InChI=1S/C25H18ClF3N2O2S/c1-33-21-9-7-17(26)11-19(21)22-18-10-16(25(27,28)29)6-8-20(18)31-24(32)23(22)30-12-14-2-4-15(13-34)5-3-14/h2-11,13,30H,12H2,1H3,(H,31,32). The van der Waals surface area contributed by atoms with Crippen molar-refractivity contribution in [3.8, 4) is 16.9 Å². The van der Waals surface area contributed by atoms with Crippen LogP contribution >= 0.6 is 23.8 Å². The van der Waals surface area contributed by atoms with Gasteiger partial charge in [-0.1, -0.05) is 48.1 Å². The number of methoxy groups -OCH3 is 1. The summed E-state index contributed by atoms with van der Waals surface area (Å²) in [6.45, 7) is 0.251. The van der Waals surface area contributed by atoms with E-state index >= 15 is 0 Å². The number of hydrogen-bond acceptors (Lipinski definition) is 4. The highest BCUT2D eigenvalue weighted by Crippen LogP contribution is 2.41. The van der Waals surface area contributed by atoms with Gasteiger partial charge in [0.1, 0.15) is 11.4 Å². The molecule has 4 nitrogen and oxygen atoms in total. The van der Waals surface area contributed by atoms with Gasteiger partial charge in [-0.15, -0.1) is 0 Å². The molecule has 34 heavy (non-hydrogen) atoms. The molecule has 0 amide bonds. The Morgan fingerprint density at radius 2 is 1.82 bits per heavy atom. The summed E-state index contributed by atoms with van der Waals surface area (Å²) in [4.78, 5) is 15.8. The molecule has 174 valence electrons. The van der Waals surface area contributed by atoms with E-state index in [1.54, 1.807) is 23.6 Å². The average Bonchev–Trinajstić information content (AvgIpc) is 2.81. The van der Waals surface area contributed by atoms with Crippen LogP contribution in [0.1, 0.15) is 16.7 Å². The van der Waals surface area contributed by atoms with Crippen LogP contribution in [0.25, 0.3) is 22.0 Å². The van der Waals surface area contributed by atoms with Gasteiger partial charge < -0.3 is 15.0 Å². The number of thiocarbonyl (C=S) groups is 1. The van der Waals surface area contributed by atoms with E-state index in [0.29, 0.717) is 16.3 Å². The molecule has 9 heteroatoms. The lowest BCUT2D eigenvalue weighted by Gasteiger charge is -2.18. The molecule has 0 atom stereocenters. The van der Waals surface area contributed by atoms with E-state index in [1.807, 2.05) is 24.3 Å². The van der Waals surface area contributed by atoms with Crippen molar-refractivity contribution >= 4 is 45.8 Å². The fraction of sp³-hybridized carbons (Fsp3) is 0.120. The van der Waals surface area contributed by atoms with Crippen molar-refractivity contribution in [1.82, 2.24) is 4.98 Å². The van der Waals surface area contributed by atoms with Crippen LogP contribution in [0.15, 0.2) is 65.5 Å². The molecule has 4 aromatic rings. The summed E-state index contributed by atoms with van der Waals surface area (Å²) in [6.07, 6.45) is -4.56. The number of H-pyrrole nitrogens is 1. The van der Waals surface area contributed by atoms with Gasteiger partial charge in [-0.2, -0.15) is 13.2 Å². The van der Waals surface area contributed by atoms with Crippen molar-refractivity contribution < 1.29 is 17.9 Å². The third kappa shape index (κ3) is 4.78. The van der Waals surface area contributed by atoms with Crippen LogP contribution in [-0.2, 0) is 12.7 Å². The van der Waals surface area contributed by atoms with Crippen LogP contribution in [0, 0.1) is 0 Å². The number of rotatable bonds is 6. The molecular weight excluding hydrogens is 485 g/mol.